The van der Waals surface area contributed by atoms with E-state index < -0.39 is 10.0 Å². The van der Waals surface area contributed by atoms with Crippen LogP contribution in [0, 0.1) is 13.8 Å². The van der Waals surface area contributed by atoms with Gasteiger partial charge < -0.3 is 0 Å². The van der Waals surface area contributed by atoms with Crippen LogP contribution in [0.25, 0.3) is 10.2 Å². The molecule has 0 atom stereocenters. The fourth-order valence-corrected chi connectivity index (χ4v) is 4.92. The highest BCUT2D eigenvalue weighted by Gasteiger charge is 2.16. The number of carbonyl (C=O) groups excluding carboxylic acids is 1. The number of nitrogens with zero attached hydrogens (tertiary/aromatic N) is 1. The molecule has 152 valence electrons. The Balaban J connectivity index is 1.53. The van der Waals surface area contributed by atoms with Crippen molar-refractivity contribution in [2.24, 2.45) is 0 Å². The van der Waals surface area contributed by atoms with Gasteiger partial charge in [0.2, 0.25) is 0 Å². The first-order valence-electron chi connectivity index (χ1n) is 9.18. The van der Waals surface area contributed by atoms with Gasteiger partial charge in [-0.05, 0) is 61.9 Å². The number of aromatic nitrogens is 1. The minimum atomic E-state index is -3.74. The fourth-order valence-electron chi connectivity index (χ4n) is 2.91. The third kappa shape index (κ3) is 4.34. The first-order chi connectivity index (χ1) is 14.3. The summed E-state index contributed by atoms with van der Waals surface area (Å²) in [4.78, 5) is 17.2. The van der Waals surface area contributed by atoms with Gasteiger partial charge in [-0.15, -0.1) is 0 Å². The molecule has 0 saturated carbocycles. The zero-order chi connectivity index (χ0) is 21.3. The highest BCUT2D eigenvalue weighted by Crippen LogP contribution is 2.27. The fraction of sp³-hybridized carbons (Fsp3) is 0.0909. The second-order valence-electron chi connectivity index (χ2n) is 6.94. The molecule has 0 saturated heterocycles. The molecule has 0 aliphatic heterocycles. The lowest BCUT2D eigenvalue weighted by atomic mass is 10.2. The number of rotatable bonds is 5. The van der Waals surface area contributed by atoms with Crippen LogP contribution in [0.1, 0.15) is 21.5 Å². The van der Waals surface area contributed by atoms with E-state index in [4.69, 9.17) is 0 Å². The van der Waals surface area contributed by atoms with Gasteiger partial charge in [0.15, 0.2) is 5.13 Å². The van der Waals surface area contributed by atoms with Crippen LogP contribution in [-0.2, 0) is 10.0 Å². The summed E-state index contributed by atoms with van der Waals surface area (Å²) in [7, 11) is -3.74. The summed E-state index contributed by atoms with van der Waals surface area (Å²) >= 11 is 1.39. The maximum absolute atomic E-state index is 12.7. The molecule has 1 aromatic heterocycles. The summed E-state index contributed by atoms with van der Waals surface area (Å²) in [5.41, 5.74) is 3.55. The van der Waals surface area contributed by atoms with Crippen molar-refractivity contribution < 1.29 is 13.2 Å². The molecule has 1 amide bonds. The zero-order valence-corrected chi connectivity index (χ0v) is 18.0. The van der Waals surface area contributed by atoms with Gasteiger partial charge in [-0.3, -0.25) is 14.8 Å². The highest BCUT2D eigenvalue weighted by molar-refractivity contribution is 7.92. The molecule has 8 heteroatoms. The topological polar surface area (TPSA) is 88.2 Å². The average Bonchev–Trinajstić information content (AvgIpc) is 3.09. The molecule has 4 rings (SSSR count). The average molecular weight is 438 g/mol. The molecule has 6 nitrogen and oxygen atoms in total. The molecule has 0 fully saturated rings. The Kier molecular flexibility index (Phi) is 5.27. The number of fused-ring (bicyclic) bond motifs is 1. The van der Waals surface area contributed by atoms with Gasteiger partial charge in [0, 0.05) is 11.3 Å². The van der Waals surface area contributed by atoms with Gasteiger partial charge in [0.25, 0.3) is 15.9 Å². The van der Waals surface area contributed by atoms with Crippen molar-refractivity contribution in [2.75, 3.05) is 10.0 Å². The minimum absolute atomic E-state index is 0.160. The van der Waals surface area contributed by atoms with E-state index in [1.807, 2.05) is 32.0 Å². The lowest BCUT2D eigenvalue weighted by Crippen LogP contribution is -2.15. The molecule has 3 aromatic carbocycles. The summed E-state index contributed by atoms with van der Waals surface area (Å²) < 4.78 is 28.7. The van der Waals surface area contributed by atoms with Gasteiger partial charge in [0.1, 0.15) is 0 Å². The van der Waals surface area contributed by atoms with Crippen molar-refractivity contribution in [1.82, 2.24) is 4.98 Å². The molecule has 1 heterocycles. The Morgan fingerprint density at radius 3 is 2.43 bits per heavy atom. The van der Waals surface area contributed by atoms with Gasteiger partial charge in [0.05, 0.1) is 15.1 Å². The van der Waals surface area contributed by atoms with E-state index in [9.17, 15) is 13.2 Å². The molecule has 2 N–H and O–H groups in total. The number of aryl methyl sites for hydroxylation is 2. The van der Waals surface area contributed by atoms with E-state index in [2.05, 4.69) is 15.0 Å². The SMILES string of the molecule is Cc1ccc(S(=O)(=O)Nc2cccc(C(=O)Nc3nc4ccc(C)cc4s3)c2)cc1. The van der Waals surface area contributed by atoms with Gasteiger partial charge in [-0.25, -0.2) is 13.4 Å². The molecular formula is C22H19N3O3S2. The quantitative estimate of drug-likeness (QED) is 0.462. The van der Waals surface area contributed by atoms with Crippen molar-refractivity contribution in [1.29, 1.82) is 0 Å². The second kappa shape index (κ2) is 7.89. The first-order valence-corrected chi connectivity index (χ1v) is 11.5. The van der Waals surface area contributed by atoms with E-state index >= 15 is 0 Å². The molecule has 0 unspecified atom stereocenters. The smallest absolute Gasteiger partial charge is 0.261 e. The van der Waals surface area contributed by atoms with Crippen LogP contribution in [0.4, 0.5) is 10.8 Å². The van der Waals surface area contributed by atoms with Crippen LogP contribution >= 0.6 is 11.3 Å². The number of anilines is 2. The maximum Gasteiger partial charge on any atom is 0.261 e. The summed E-state index contributed by atoms with van der Waals surface area (Å²) in [5.74, 6) is -0.359. The van der Waals surface area contributed by atoms with Crippen molar-refractivity contribution in [3.63, 3.8) is 0 Å². The van der Waals surface area contributed by atoms with Gasteiger partial charge in [-0.2, -0.15) is 0 Å². The number of amides is 1. The Hall–Kier alpha value is -3.23. The Morgan fingerprint density at radius 1 is 0.933 bits per heavy atom. The van der Waals surface area contributed by atoms with Crippen LogP contribution < -0.4 is 10.0 Å². The summed E-state index contributed by atoms with van der Waals surface area (Å²) in [6.45, 7) is 3.89. The third-order valence-corrected chi connectivity index (χ3v) is 6.80. The van der Waals surface area contributed by atoms with E-state index in [0.29, 0.717) is 16.4 Å². The summed E-state index contributed by atoms with van der Waals surface area (Å²) in [6.07, 6.45) is 0. The van der Waals surface area contributed by atoms with Crippen LogP contribution in [0.15, 0.2) is 71.6 Å². The first kappa shape index (κ1) is 20.1. The molecule has 0 aliphatic rings. The number of benzene rings is 3. The molecule has 0 bridgehead atoms. The normalized spacial score (nSPS) is 11.4. The Labute approximate surface area is 178 Å². The number of carbonyl (C=O) groups is 1. The molecule has 4 aromatic rings. The molecular weight excluding hydrogens is 418 g/mol. The molecule has 0 radical (unpaired) electrons. The summed E-state index contributed by atoms with van der Waals surface area (Å²) in [6, 6.07) is 18.8. The van der Waals surface area contributed by atoms with Crippen LogP contribution in [-0.4, -0.2) is 19.3 Å². The Bertz CT molecular complexity index is 1340. The van der Waals surface area contributed by atoms with Crippen LogP contribution in [0.5, 0.6) is 0 Å². The predicted molar refractivity (Wildman–Crippen MR) is 121 cm³/mol. The van der Waals surface area contributed by atoms with Crippen LogP contribution in [0.2, 0.25) is 0 Å². The van der Waals surface area contributed by atoms with E-state index in [1.54, 1.807) is 42.5 Å². The van der Waals surface area contributed by atoms with Gasteiger partial charge >= 0.3 is 0 Å². The van der Waals surface area contributed by atoms with Crippen molar-refractivity contribution in [2.45, 2.75) is 18.7 Å². The van der Waals surface area contributed by atoms with Crippen LogP contribution in [0.3, 0.4) is 0 Å². The number of sulfonamides is 1. The van der Waals surface area contributed by atoms with E-state index in [1.165, 1.54) is 17.4 Å². The van der Waals surface area contributed by atoms with E-state index in [0.717, 1.165) is 21.3 Å². The van der Waals surface area contributed by atoms with Crippen molar-refractivity contribution in [3.05, 3.63) is 83.4 Å². The molecule has 30 heavy (non-hydrogen) atoms. The van der Waals surface area contributed by atoms with Gasteiger partial charge in [-0.1, -0.05) is 41.2 Å². The molecule has 0 aliphatic carbocycles. The zero-order valence-electron chi connectivity index (χ0n) is 16.3. The maximum atomic E-state index is 12.7. The number of hydrogen-bond acceptors (Lipinski definition) is 5. The second-order valence-corrected chi connectivity index (χ2v) is 9.66. The monoisotopic (exact) mass is 437 g/mol. The standard InChI is InChI=1S/C22H19N3O3S2/c1-14-6-9-18(10-7-14)30(27,28)25-17-5-3-4-16(13-17)21(26)24-22-23-19-11-8-15(2)12-20(19)29-22/h3-13,25H,1-2H3,(H,23,24,26). The summed E-state index contributed by atoms with van der Waals surface area (Å²) in [5, 5.41) is 3.28. The van der Waals surface area contributed by atoms with Crippen molar-refractivity contribution in [3.8, 4) is 0 Å². The number of nitrogens with one attached hydrogen (secondary N) is 2. The lowest BCUT2D eigenvalue weighted by molar-refractivity contribution is 0.102. The predicted octanol–water partition coefficient (Wildman–Crippen LogP) is 4.97. The van der Waals surface area contributed by atoms with Crippen molar-refractivity contribution >= 4 is 48.3 Å². The number of hydrogen-bond donors (Lipinski definition) is 2. The largest absolute Gasteiger partial charge is 0.298 e. The minimum Gasteiger partial charge on any atom is -0.298 e. The Morgan fingerprint density at radius 2 is 1.67 bits per heavy atom. The molecule has 0 spiro atoms. The lowest BCUT2D eigenvalue weighted by Gasteiger charge is -2.10. The van der Waals surface area contributed by atoms with E-state index in [-0.39, 0.29) is 10.8 Å². The third-order valence-electron chi connectivity index (χ3n) is 4.47. The highest BCUT2D eigenvalue weighted by atomic mass is 32.2. The number of thiazole rings is 1.